The van der Waals surface area contributed by atoms with E-state index >= 15 is 0 Å². The Hall–Kier alpha value is -0.0900. The van der Waals surface area contributed by atoms with Crippen LogP contribution in [0.5, 0.6) is 0 Å². The molecule has 0 aliphatic carbocycles. The molecule has 22 heavy (non-hydrogen) atoms. The number of nitrogens with zero attached hydrogens (tertiary/aromatic N) is 2. The van der Waals surface area contributed by atoms with Gasteiger partial charge in [0, 0.05) is 32.2 Å². The van der Waals surface area contributed by atoms with Crippen molar-refractivity contribution in [3.05, 3.63) is 0 Å². The number of hydrogen-bond acceptors (Lipinski definition) is 4. The van der Waals surface area contributed by atoms with E-state index in [1.165, 1.54) is 25.8 Å². The summed E-state index contributed by atoms with van der Waals surface area (Å²) in [5.41, 5.74) is 0. The standard InChI is InChI=1S/C14H28N4O2S.HI/c1-12-5-3-4-8-18(12)9-7-16-14(15-2)17-13-6-10-21(19,20)11-13;/h12-13H,3-11H2,1-2H3,(H2,15,16,17);1H. The predicted molar refractivity (Wildman–Crippen MR) is 102 cm³/mol. The van der Waals surface area contributed by atoms with E-state index in [1.807, 2.05) is 0 Å². The molecule has 0 aromatic carbocycles. The molecule has 0 aromatic heterocycles. The molecule has 2 rings (SSSR count). The van der Waals surface area contributed by atoms with Crippen molar-refractivity contribution >= 4 is 39.8 Å². The Morgan fingerprint density at radius 1 is 1.32 bits per heavy atom. The van der Waals surface area contributed by atoms with E-state index in [9.17, 15) is 8.42 Å². The number of aliphatic imine (C=N–C) groups is 1. The smallest absolute Gasteiger partial charge is 0.191 e. The highest BCUT2D eigenvalue weighted by molar-refractivity contribution is 14.0. The lowest BCUT2D eigenvalue weighted by molar-refractivity contribution is 0.163. The zero-order valence-corrected chi connectivity index (χ0v) is 16.7. The average molecular weight is 444 g/mol. The maximum absolute atomic E-state index is 11.5. The largest absolute Gasteiger partial charge is 0.355 e. The summed E-state index contributed by atoms with van der Waals surface area (Å²) < 4.78 is 22.9. The van der Waals surface area contributed by atoms with Crippen molar-refractivity contribution in [3.8, 4) is 0 Å². The third-order valence-corrected chi connectivity index (χ3v) is 6.20. The molecular weight excluding hydrogens is 415 g/mol. The van der Waals surface area contributed by atoms with Crippen molar-refractivity contribution in [2.45, 2.75) is 44.7 Å². The number of likely N-dealkylation sites (tertiary alicyclic amines) is 1. The number of guanidine groups is 1. The first-order chi connectivity index (χ1) is 10.00. The Morgan fingerprint density at radius 3 is 2.68 bits per heavy atom. The van der Waals surface area contributed by atoms with Gasteiger partial charge in [-0.25, -0.2) is 8.42 Å². The highest BCUT2D eigenvalue weighted by atomic mass is 127. The van der Waals surface area contributed by atoms with E-state index in [1.54, 1.807) is 7.05 Å². The van der Waals surface area contributed by atoms with Crippen molar-refractivity contribution in [2.24, 2.45) is 4.99 Å². The van der Waals surface area contributed by atoms with Crippen molar-refractivity contribution in [3.63, 3.8) is 0 Å². The van der Waals surface area contributed by atoms with Gasteiger partial charge in [-0.3, -0.25) is 9.89 Å². The summed E-state index contributed by atoms with van der Waals surface area (Å²) in [6.45, 7) is 5.31. The van der Waals surface area contributed by atoms with E-state index in [-0.39, 0.29) is 41.5 Å². The molecule has 0 saturated carbocycles. The molecule has 6 nitrogen and oxygen atoms in total. The van der Waals surface area contributed by atoms with E-state index < -0.39 is 9.84 Å². The molecule has 8 heteroatoms. The Labute approximate surface area is 151 Å². The van der Waals surface area contributed by atoms with Crippen molar-refractivity contribution in [2.75, 3.05) is 38.2 Å². The van der Waals surface area contributed by atoms with Gasteiger partial charge in [-0.2, -0.15) is 0 Å². The Morgan fingerprint density at radius 2 is 2.09 bits per heavy atom. The molecule has 2 heterocycles. The molecule has 2 atom stereocenters. The monoisotopic (exact) mass is 444 g/mol. The predicted octanol–water partition coefficient (Wildman–Crippen LogP) is 0.831. The molecule has 0 amide bonds. The number of halogens is 1. The van der Waals surface area contributed by atoms with Crippen LogP contribution in [-0.2, 0) is 9.84 Å². The quantitative estimate of drug-likeness (QED) is 0.382. The molecule has 2 N–H and O–H groups in total. The Bertz CT molecular complexity index is 469. The van der Waals surface area contributed by atoms with Crippen molar-refractivity contribution in [1.82, 2.24) is 15.5 Å². The van der Waals surface area contributed by atoms with Crippen LogP contribution in [0.15, 0.2) is 4.99 Å². The van der Waals surface area contributed by atoms with E-state index in [0.717, 1.165) is 13.1 Å². The lowest BCUT2D eigenvalue weighted by Crippen LogP contribution is -2.47. The third-order valence-electron chi connectivity index (χ3n) is 4.43. The number of piperidine rings is 1. The van der Waals surface area contributed by atoms with Crippen LogP contribution in [0.25, 0.3) is 0 Å². The maximum Gasteiger partial charge on any atom is 0.191 e. The molecule has 0 bridgehead atoms. The summed E-state index contributed by atoms with van der Waals surface area (Å²) in [6.07, 6.45) is 4.58. The van der Waals surface area contributed by atoms with Crippen LogP contribution in [-0.4, -0.2) is 69.5 Å². The third kappa shape index (κ3) is 6.19. The molecule has 2 fully saturated rings. The minimum Gasteiger partial charge on any atom is -0.355 e. The number of rotatable bonds is 4. The summed E-state index contributed by atoms with van der Waals surface area (Å²) >= 11 is 0. The first kappa shape index (κ1) is 20.0. The van der Waals surface area contributed by atoms with Gasteiger partial charge in [-0.15, -0.1) is 24.0 Å². The second-order valence-electron chi connectivity index (χ2n) is 6.12. The van der Waals surface area contributed by atoms with Crippen molar-refractivity contribution in [1.29, 1.82) is 0 Å². The molecular formula is C14H29IN4O2S. The summed E-state index contributed by atoms with van der Waals surface area (Å²) in [4.78, 5) is 6.69. The summed E-state index contributed by atoms with van der Waals surface area (Å²) in [7, 11) is -1.12. The van der Waals surface area contributed by atoms with Gasteiger partial charge in [0.15, 0.2) is 15.8 Å². The first-order valence-corrected chi connectivity index (χ1v) is 9.74. The minimum absolute atomic E-state index is 0. The van der Waals surface area contributed by atoms with E-state index in [0.29, 0.717) is 18.4 Å². The van der Waals surface area contributed by atoms with E-state index in [2.05, 4.69) is 27.4 Å². The zero-order chi connectivity index (χ0) is 15.3. The average Bonchev–Trinajstić information content (AvgIpc) is 2.79. The van der Waals surface area contributed by atoms with Gasteiger partial charge in [0.25, 0.3) is 0 Å². The van der Waals surface area contributed by atoms with Gasteiger partial charge in [0.1, 0.15) is 0 Å². The minimum atomic E-state index is -2.85. The van der Waals surface area contributed by atoms with Crippen LogP contribution in [0.2, 0.25) is 0 Å². The van der Waals surface area contributed by atoms with Crippen LogP contribution in [0.4, 0.5) is 0 Å². The Kier molecular flexibility index (Phi) is 8.40. The van der Waals surface area contributed by atoms with Crippen LogP contribution in [0, 0.1) is 0 Å². The molecule has 0 radical (unpaired) electrons. The lowest BCUT2D eigenvalue weighted by atomic mass is 10.0. The van der Waals surface area contributed by atoms with Gasteiger partial charge >= 0.3 is 0 Å². The van der Waals surface area contributed by atoms with Crippen LogP contribution >= 0.6 is 24.0 Å². The molecule has 2 aliphatic rings. The fourth-order valence-electron chi connectivity index (χ4n) is 3.10. The van der Waals surface area contributed by atoms with Crippen LogP contribution in [0.3, 0.4) is 0 Å². The fourth-order valence-corrected chi connectivity index (χ4v) is 4.78. The molecule has 0 spiro atoms. The zero-order valence-electron chi connectivity index (χ0n) is 13.5. The van der Waals surface area contributed by atoms with Gasteiger partial charge in [0.2, 0.25) is 0 Å². The highest BCUT2D eigenvalue weighted by Gasteiger charge is 2.28. The Balaban J connectivity index is 0.00000242. The second kappa shape index (κ2) is 9.27. The number of hydrogen-bond donors (Lipinski definition) is 2. The SMILES string of the molecule is CN=C(NCCN1CCCCC1C)NC1CCS(=O)(=O)C1.I. The van der Waals surface area contributed by atoms with Gasteiger partial charge in [0.05, 0.1) is 11.5 Å². The van der Waals surface area contributed by atoms with Gasteiger partial charge < -0.3 is 10.6 Å². The normalized spacial score (nSPS) is 28.9. The molecule has 130 valence electrons. The first-order valence-electron chi connectivity index (χ1n) is 7.92. The summed E-state index contributed by atoms with van der Waals surface area (Å²) in [5.74, 6) is 1.21. The maximum atomic E-state index is 11.5. The molecule has 0 aromatic rings. The highest BCUT2D eigenvalue weighted by Crippen LogP contribution is 2.15. The number of nitrogens with one attached hydrogen (secondary N) is 2. The molecule has 2 saturated heterocycles. The van der Waals surface area contributed by atoms with Gasteiger partial charge in [-0.1, -0.05) is 6.42 Å². The van der Waals surface area contributed by atoms with E-state index in [4.69, 9.17) is 0 Å². The topological polar surface area (TPSA) is 73.8 Å². The second-order valence-corrected chi connectivity index (χ2v) is 8.35. The fraction of sp³-hybridized carbons (Fsp3) is 0.929. The van der Waals surface area contributed by atoms with Crippen LogP contribution in [0.1, 0.15) is 32.6 Å². The number of sulfone groups is 1. The molecule has 2 aliphatic heterocycles. The summed E-state index contributed by atoms with van der Waals surface area (Å²) in [6, 6.07) is 0.658. The van der Waals surface area contributed by atoms with Crippen LogP contribution < -0.4 is 10.6 Å². The lowest BCUT2D eigenvalue weighted by Gasteiger charge is -2.33. The molecule has 2 unspecified atom stereocenters. The summed E-state index contributed by atoms with van der Waals surface area (Å²) in [5, 5.41) is 6.51. The van der Waals surface area contributed by atoms with Gasteiger partial charge in [-0.05, 0) is 32.7 Å². The van der Waals surface area contributed by atoms with Crippen molar-refractivity contribution < 1.29 is 8.42 Å².